The molecule has 0 unspecified atom stereocenters. The van der Waals surface area contributed by atoms with Crippen molar-refractivity contribution in [2.24, 2.45) is 0 Å². The first-order valence-corrected chi connectivity index (χ1v) is 8.31. The molecule has 0 atom stereocenters. The summed E-state index contributed by atoms with van der Waals surface area (Å²) in [6.45, 7) is 2.07. The Morgan fingerprint density at radius 3 is 2.31 bits per heavy atom. The maximum atomic E-state index is 10.9. The third-order valence-corrected chi connectivity index (χ3v) is 4.01. The lowest BCUT2D eigenvalue weighted by Crippen LogP contribution is -1.94. The van der Waals surface area contributed by atoms with Crippen LogP contribution in [0.2, 0.25) is 0 Å². The summed E-state index contributed by atoms with van der Waals surface area (Å²) >= 11 is 0. The van der Waals surface area contributed by atoms with Gasteiger partial charge >= 0.3 is 5.97 Å². The summed E-state index contributed by atoms with van der Waals surface area (Å²) < 4.78 is 0. The molecule has 0 spiro atoms. The molecule has 0 amide bonds. The fourth-order valence-electron chi connectivity index (χ4n) is 2.57. The van der Waals surface area contributed by atoms with Crippen LogP contribution in [-0.2, 0) is 0 Å². The Hall–Kier alpha value is -3.57. The number of aromatic carboxylic acids is 1. The molecule has 0 bridgehead atoms. The summed E-state index contributed by atoms with van der Waals surface area (Å²) in [5.41, 5.74) is 5.65. The number of allylic oxidation sites excluding steroid dienone is 1. The largest absolute Gasteiger partial charge is 0.478 e. The molecule has 1 N–H and O–H groups in total. The van der Waals surface area contributed by atoms with Gasteiger partial charge in [-0.15, -0.1) is 0 Å². The highest BCUT2D eigenvalue weighted by atomic mass is 16.4. The quantitative estimate of drug-likeness (QED) is 0.647. The fourth-order valence-corrected chi connectivity index (χ4v) is 2.57. The van der Waals surface area contributed by atoms with E-state index >= 15 is 0 Å². The van der Waals surface area contributed by atoms with Gasteiger partial charge in [0, 0.05) is 5.56 Å². The average molecular weight is 338 g/mol. The van der Waals surface area contributed by atoms with Crippen molar-refractivity contribution in [3.8, 4) is 23.0 Å². The second-order valence-corrected chi connectivity index (χ2v) is 5.94. The zero-order valence-corrected chi connectivity index (χ0v) is 14.4. The summed E-state index contributed by atoms with van der Waals surface area (Å²) in [6.07, 6.45) is 3.65. The minimum Gasteiger partial charge on any atom is -0.478 e. The van der Waals surface area contributed by atoms with Crippen molar-refractivity contribution in [3.05, 3.63) is 101 Å². The molecule has 0 saturated carbocycles. The molecule has 126 valence electrons. The summed E-state index contributed by atoms with van der Waals surface area (Å²) in [6, 6.07) is 23.2. The van der Waals surface area contributed by atoms with Gasteiger partial charge in [0.15, 0.2) is 0 Å². The predicted octanol–water partition coefficient (Wildman–Crippen LogP) is 5.43. The van der Waals surface area contributed by atoms with Crippen molar-refractivity contribution in [1.82, 2.24) is 0 Å². The van der Waals surface area contributed by atoms with Crippen LogP contribution in [0.5, 0.6) is 0 Å². The van der Waals surface area contributed by atoms with Crippen molar-refractivity contribution < 1.29 is 9.90 Å². The first-order valence-electron chi connectivity index (χ1n) is 8.31. The van der Waals surface area contributed by atoms with E-state index in [-0.39, 0.29) is 5.56 Å². The van der Waals surface area contributed by atoms with Crippen molar-refractivity contribution in [1.29, 1.82) is 0 Å². The third kappa shape index (κ3) is 4.28. The van der Waals surface area contributed by atoms with Crippen LogP contribution in [0.25, 0.3) is 17.2 Å². The van der Waals surface area contributed by atoms with E-state index in [9.17, 15) is 4.79 Å². The van der Waals surface area contributed by atoms with Gasteiger partial charge in [-0.3, -0.25) is 0 Å². The number of hydrogen-bond donors (Lipinski definition) is 1. The highest BCUT2D eigenvalue weighted by molar-refractivity contribution is 5.87. The number of carboxylic acids is 1. The lowest BCUT2D eigenvalue weighted by Gasteiger charge is -2.05. The standard InChI is InChI=1S/C24H18O2/c1-18-10-14-21(15-11-18)23-9-5-4-8-20(23)7-3-2-6-19-12-16-22(17-13-19)24(25)26/h2,4-6,8-17H,1H3,(H,25,26). The lowest BCUT2D eigenvalue weighted by atomic mass is 9.99. The lowest BCUT2D eigenvalue weighted by molar-refractivity contribution is 0.0697. The summed E-state index contributed by atoms with van der Waals surface area (Å²) in [7, 11) is 0. The van der Waals surface area contributed by atoms with E-state index < -0.39 is 5.97 Å². The highest BCUT2D eigenvalue weighted by Crippen LogP contribution is 2.23. The normalized spacial score (nSPS) is 10.3. The SMILES string of the molecule is Cc1ccc(-c2ccccc2C#CC=Cc2ccc(C(=O)O)cc2)cc1. The van der Waals surface area contributed by atoms with E-state index in [1.54, 1.807) is 30.3 Å². The Balaban J connectivity index is 1.80. The Bertz CT molecular complexity index is 999. The molecular weight excluding hydrogens is 320 g/mol. The minimum atomic E-state index is -0.923. The molecule has 0 radical (unpaired) electrons. The van der Waals surface area contributed by atoms with E-state index in [1.165, 1.54) is 5.56 Å². The first kappa shape index (κ1) is 17.3. The third-order valence-electron chi connectivity index (χ3n) is 4.01. The Kier molecular flexibility index (Phi) is 5.31. The zero-order valence-electron chi connectivity index (χ0n) is 14.4. The van der Waals surface area contributed by atoms with Gasteiger partial charge in [-0.1, -0.05) is 72.0 Å². The van der Waals surface area contributed by atoms with Crippen LogP contribution < -0.4 is 0 Å². The topological polar surface area (TPSA) is 37.3 Å². The maximum absolute atomic E-state index is 10.9. The molecule has 2 heteroatoms. The molecule has 0 saturated heterocycles. The second kappa shape index (κ2) is 8.00. The number of benzene rings is 3. The first-order chi connectivity index (χ1) is 12.6. The molecule has 0 aromatic heterocycles. The Labute approximate surface area is 153 Å². The van der Waals surface area contributed by atoms with Gasteiger partial charge in [0.05, 0.1) is 5.56 Å². The van der Waals surface area contributed by atoms with Gasteiger partial charge in [-0.2, -0.15) is 0 Å². The van der Waals surface area contributed by atoms with Crippen LogP contribution >= 0.6 is 0 Å². The van der Waals surface area contributed by atoms with Gasteiger partial charge in [0.1, 0.15) is 0 Å². The van der Waals surface area contributed by atoms with Gasteiger partial charge in [0.25, 0.3) is 0 Å². The molecule has 0 aliphatic rings. The summed E-state index contributed by atoms with van der Waals surface area (Å²) in [5, 5.41) is 8.91. The monoisotopic (exact) mass is 338 g/mol. The number of hydrogen-bond acceptors (Lipinski definition) is 1. The van der Waals surface area contributed by atoms with Crippen LogP contribution in [0.4, 0.5) is 0 Å². The Morgan fingerprint density at radius 1 is 0.923 bits per heavy atom. The van der Waals surface area contributed by atoms with Crippen molar-refractivity contribution in [2.75, 3.05) is 0 Å². The summed E-state index contributed by atoms with van der Waals surface area (Å²) in [4.78, 5) is 10.9. The molecule has 3 rings (SSSR count). The molecule has 0 heterocycles. The maximum Gasteiger partial charge on any atom is 0.335 e. The second-order valence-electron chi connectivity index (χ2n) is 5.94. The molecule has 0 fully saturated rings. The van der Waals surface area contributed by atoms with Crippen molar-refractivity contribution in [2.45, 2.75) is 6.92 Å². The van der Waals surface area contributed by atoms with Gasteiger partial charge in [-0.25, -0.2) is 4.79 Å². The van der Waals surface area contributed by atoms with Gasteiger partial charge < -0.3 is 5.11 Å². The number of aryl methyl sites for hydroxylation is 1. The van der Waals surface area contributed by atoms with Crippen LogP contribution in [0.1, 0.15) is 27.0 Å². The van der Waals surface area contributed by atoms with E-state index in [0.717, 1.165) is 22.3 Å². The average Bonchev–Trinajstić information content (AvgIpc) is 2.67. The molecular formula is C24H18O2. The molecule has 0 aliphatic heterocycles. The predicted molar refractivity (Wildman–Crippen MR) is 106 cm³/mol. The van der Waals surface area contributed by atoms with Crippen LogP contribution in [0.3, 0.4) is 0 Å². The van der Waals surface area contributed by atoms with Gasteiger partial charge in [0.2, 0.25) is 0 Å². The highest BCUT2D eigenvalue weighted by Gasteiger charge is 2.02. The number of carboxylic acid groups (broad SMARTS) is 1. The number of rotatable bonds is 3. The molecule has 3 aromatic carbocycles. The Morgan fingerprint density at radius 2 is 1.62 bits per heavy atom. The van der Waals surface area contributed by atoms with Crippen molar-refractivity contribution >= 4 is 12.0 Å². The summed E-state index contributed by atoms with van der Waals surface area (Å²) in [5.74, 6) is 5.33. The molecule has 0 aliphatic carbocycles. The van der Waals surface area contributed by atoms with E-state index in [0.29, 0.717) is 0 Å². The smallest absolute Gasteiger partial charge is 0.335 e. The van der Waals surface area contributed by atoms with Crippen LogP contribution in [0.15, 0.2) is 78.9 Å². The molecule has 26 heavy (non-hydrogen) atoms. The van der Waals surface area contributed by atoms with Crippen LogP contribution in [-0.4, -0.2) is 11.1 Å². The van der Waals surface area contributed by atoms with Gasteiger partial charge in [-0.05, 0) is 54.0 Å². The zero-order chi connectivity index (χ0) is 18.4. The van der Waals surface area contributed by atoms with Crippen molar-refractivity contribution in [3.63, 3.8) is 0 Å². The fraction of sp³-hybridized carbons (Fsp3) is 0.0417. The number of carbonyl (C=O) groups is 1. The van der Waals surface area contributed by atoms with E-state index in [2.05, 4.69) is 49.1 Å². The van der Waals surface area contributed by atoms with Crippen LogP contribution in [0, 0.1) is 18.8 Å². The minimum absolute atomic E-state index is 0.278. The molecule has 2 nitrogen and oxygen atoms in total. The molecule has 3 aromatic rings. The van der Waals surface area contributed by atoms with E-state index in [4.69, 9.17) is 5.11 Å². The van der Waals surface area contributed by atoms with E-state index in [1.807, 2.05) is 24.3 Å².